The monoisotopic (exact) mass is 356 g/mol. The van der Waals surface area contributed by atoms with Crippen LogP contribution >= 0.6 is 0 Å². The lowest BCUT2D eigenvalue weighted by Gasteiger charge is -2.07. The fourth-order valence-electron chi connectivity index (χ4n) is 1.84. The van der Waals surface area contributed by atoms with Gasteiger partial charge in [-0.2, -0.15) is 8.78 Å². The Balaban J connectivity index is 1.95. The van der Waals surface area contributed by atoms with Crippen molar-refractivity contribution in [2.24, 2.45) is 0 Å². The van der Waals surface area contributed by atoms with E-state index in [1.54, 1.807) is 0 Å². The third-order valence-corrected chi connectivity index (χ3v) is 4.15. The van der Waals surface area contributed by atoms with Crippen LogP contribution in [0, 0.1) is 0 Å². The zero-order valence-electron chi connectivity index (χ0n) is 12.6. The van der Waals surface area contributed by atoms with Crippen LogP contribution in [0.4, 0.5) is 8.78 Å². The molecule has 0 N–H and O–H groups in total. The molecule has 2 aromatic carbocycles. The molecule has 0 saturated carbocycles. The van der Waals surface area contributed by atoms with Crippen LogP contribution in [0.5, 0.6) is 11.5 Å². The van der Waals surface area contributed by atoms with Crippen LogP contribution in [0.3, 0.4) is 0 Å². The molecule has 2 rings (SSSR count). The van der Waals surface area contributed by atoms with Gasteiger partial charge in [0.05, 0.1) is 4.90 Å². The summed E-state index contributed by atoms with van der Waals surface area (Å²) in [7, 11) is -3.29. The van der Waals surface area contributed by atoms with Crippen molar-refractivity contribution < 1.29 is 31.5 Å². The summed E-state index contributed by atoms with van der Waals surface area (Å²) in [5, 5.41) is 0. The molecule has 0 atom stereocenters. The summed E-state index contributed by atoms with van der Waals surface area (Å²) in [5.41, 5.74) is 0.282. The van der Waals surface area contributed by atoms with Crippen LogP contribution in [-0.2, 0) is 9.84 Å². The average molecular weight is 356 g/mol. The van der Waals surface area contributed by atoms with Gasteiger partial charge in [-0.15, -0.1) is 0 Å². The normalized spacial score (nSPS) is 11.3. The number of carbonyl (C=O) groups is 1. The lowest BCUT2D eigenvalue weighted by Crippen LogP contribution is -2.11. The zero-order valence-corrected chi connectivity index (χ0v) is 13.4. The number of sulfone groups is 1. The highest BCUT2D eigenvalue weighted by molar-refractivity contribution is 7.90. The van der Waals surface area contributed by atoms with Crippen molar-refractivity contribution in [2.75, 3.05) is 12.9 Å². The van der Waals surface area contributed by atoms with E-state index >= 15 is 0 Å². The van der Waals surface area contributed by atoms with Gasteiger partial charge in [-0.1, -0.05) is 0 Å². The molecule has 0 aromatic heterocycles. The number of benzene rings is 2. The van der Waals surface area contributed by atoms with Crippen molar-refractivity contribution in [3.8, 4) is 11.5 Å². The molecule has 0 radical (unpaired) electrons. The molecule has 0 aliphatic rings. The van der Waals surface area contributed by atoms with E-state index in [2.05, 4.69) is 4.74 Å². The van der Waals surface area contributed by atoms with E-state index in [1.807, 2.05) is 0 Å². The van der Waals surface area contributed by atoms with Crippen LogP contribution in [0.2, 0.25) is 0 Å². The summed E-state index contributed by atoms with van der Waals surface area (Å²) < 4.78 is 56.2. The van der Waals surface area contributed by atoms with Crippen molar-refractivity contribution in [3.05, 3.63) is 54.1 Å². The summed E-state index contributed by atoms with van der Waals surface area (Å²) in [6.45, 7) is -3.20. The molecule has 0 amide bonds. The van der Waals surface area contributed by atoms with E-state index in [9.17, 15) is 22.0 Å². The Morgan fingerprint density at radius 1 is 1.00 bits per heavy atom. The third-order valence-electron chi connectivity index (χ3n) is 3.02. The van der Waals surface area contributed by atoms with Gasteiger partial charge in [0.25, 0.3) is 0 Å². The molecule has 2 aromatic rings. The molecule has 0 unspecified atom stereocenters. The van der Waals surface area contributed by atoms with Crippen LogP contribution in [0.25, 0.3) is 0 Å². The zero-order chi connectivity index (χ0) is 17.7. The molecule has 0 aliphatic heterocycles. The third kappa shape index (κ3) is 5.02. The number of alkyl halides is 2. The number of Topliss-reactive ketones (excluding diaryl/α,β-unsaturated/α-hetero) is 1. The van der Waals surface area contributed by atoms with Gasteiger partial charge in [0.2, 0.25) is 0 Å². The SMILES string of the molecule is CS(=O)(=O)c1ccc(OCC(=O)c2ccc(OC(F)F)cc2)cc1. The number of halogens is 2. The lowest BCUT2D eigenvalue weighted by atomic mass is 10.1. The quantitative estimate of drug-likeness (QED) is 0.714. The molecular weight excluding hydrogens is 342 g/mol. The van der Waals surface area contributed by atoms with Crippen LogP contribution < -0.4 is 9.47 Å². The maximum Gasteiger partial charge on any atom is 0.387 e. The smallest absolute Gasteiger partial charge is 0.387 e. The fraction of sp³-hybridized carbons (Fsp3) is 0.188. The predicted octanol–water partition coefficient (Wildman–Crippen LogP) is 2.95. The molecular formula is C16H14F2O5S. The van der Waals surface area contributed by atoms with Crippen molar-refractivity contribution in [1.82, 2.24) is 0 Å². The Morgan fingerprint density at radius 2 is 1.54 bits per heavy atom. The Bertz CT molecular complexity index is 799. The minimum atomic E-state index is -3.29. The second kappa shape index (κ2) is 7.39. The van der Waals surface area contributed by atoms with Crippen LogP contribution in [0.15, 0.2) is 53.4 Å². The minimum absolute atomic E-state index is 0.0427. The highest BCUT2D eigenvalue weighted by atomic mass is 32.2. The van der Waals surface area contributed by atoms with Crippen LogP contribution in [0.1, 0.15) is 10.4 Å². The summed E-state index contributed by atoms with van der Waals surface area (Å²) in [4.78, 5) is 12.1. The minimum Gasteiger partial charge on any atom is -0.485 e. The Labute approximate surface area is 137 Å². The van der Waals surface area contributed by atoms with Gasteiger partial charge in [-0.05, 0) is 48.5 Å². The number of hydrogen-bond donors (Lipinski definition) is 0. The van der Waals surface area contributed by atoms with E-state index in [0.29, 0.717) is 5.75 Å². The van der Waals surface area contributed by atoms with Crippen molar-refractivity contribution in [3.63, 3.8) is 0 Å². The number of rotatable bonds is 7. The number of ether oxygens (including phenoxy) is 2. The molecule has 0 spiro atoms. The average Bonchev–Trinajstić information content (AvgIpc) is 2.52. The second-order valence-corrected chi connectivity index (χ2v) is 6.87. The second-order valence-electron chi connectivity index (χ2n) is 4.86. The van der Waals surface area contributed by atoms with Gasteiger partial charge in [0, 0.05) is 11.8 Å². The summed E-state index contributed by atoms with van der Waals surface area (Å²) in [6, 6.07) is 10.9. The molecule has 0 saturated heterocycles. The Hall–Kier alpha value is -2.48. The maximum absolute atomic E-state index is 12.0. The number of hydrogen-bond acceptors (Lipinski definition) is 5. The first-order chi connectivity index (χ1) is 11.3. The van der Waals surface area contributed by atoms with Gasteiger partial charge in [-0.3, -0.25) is 4.79 Å². The number of carbonyl (C=O) groups excluding carboxylic acids is 1. The van der Waals surface area contributed by atoms with E-state index in [0.717, 1.165) is 6.26 Å². The molecule has 0 aliphatic carbocycles. The molecule has 0 heterocycles. The molecule has 0 fully saturated rings. The summed E-state index contributed by atoms with van der Waals surface area (Å²) in [5.74, 6) is -0.0574. The van der Waals surface area contributed by atoms with Crippen molar-refractivity contribution in [2.45, 2.75) is 11.5 Å². The maximum atomic E-state index is 12.0. The summed E-state index contributed by atoms with van der Waals surface area (Å²) >= 11 is 0. The number of ketones is 1. The first-order valence-electron chi connectivity index (χ1n) is 6.77. The first kappa shape index (κ1) is 17.9. The van der Waals surface area contributed by atoms with Gasteiger partial charge in [0.15, 0.2) is 22.2 Å². The van der Waals surface area contributed by atoms with Crippen molar-refractivity contribution >= 4 is 15.6 Å². The molecule has 8 heteroatoms. The Kier molecular flexibility index (Phi) is 5.50. The van der Waals surface area contributed by atoms with E-state index in [4.69, 9.17) is 4.74 Å². The fourth-order valence-corrected chi connectivity index (χ4v) is 2.47. The first-order valence-corrected chi connectivity index (χ1v) is 8.66. The van der Waals surface area contributed by atoms with Gasteiger partial charge in [0.1, 0.15) is 11.5 Å². The van der Waals surface area contributed by atoms with Crippen LogP contribution in [-0.4, -0.2) is 33.7 Å². The van der Waals surface area contributed by atoms with Gasteiger partial charge < -0.3 is 9.47 Å². The van der Waals surface area contributed by atoms with Crippen molar-refractivity contribution in [1.29, 1.82) is 0 Å². The highest BCUT2D eigenvalue weighted by Gasteiger charge is 2.10. The lowest BCUT2D eigenvalue weighted by molar-refractivity contribution is -0.0498. The molecule has 5 nitrogen and oxygen atoms in total. The predicted molar refractivity (Wildman–Crippen MR) is 82.5 cm³/mol. The van der Waals surface area contributed by atoms with Gasteiger partial charge in [-0.25, -0.2) is 8.42 Å². The van der Waals surface area contributed by atoms with Gasteiger partial charge >= 0.3 is 6.61 Å². The molecule has 0 bridgehead atoms. The largest absolute Gasteiger partial charge is 0.485 e. The van der Waals surface area contributed by atoms with E-state index < -0.39 is 16.4 Å². The molecule has 24 heavy (non-hydrogen) atoms. The standard InChI is InChI=1S/C16H14F2O5S/c1-24(20,21)14-8-6-12(7-9-14)22-10-15(19)11-2-4-13(5-3-11)23-16(17)18/h2-9,16H,10H2,1H3. The molecule has 128 valence electrons. The van der Waals surface area contributed by atoms with E-state index in [-0.39, 0.29) is 28.6 Å². The Morgan fingerprint density at radius 3 is 2.04 bits per heavy atom. The summed E-state index contributed by atoms with van der Waals surface area (Å²) in [6.07, 6.45) is 1.09. The highest BCUT2D eigenvalue weighted by Crippen LogP contribution is 2.17. The van der Waals surface area contributed by atoms with E-state index in [1.165, 1.54) is 48.5 Å². The topological polar surface area (TPSA) is 69.7 Å².